The summed E-state index contributed by atoms with van der Waals surface area (Å²) >= 11 is 0. The fourth-order valence-electron chi connectivity index (χ4n) is 1.90. The average Bonchev–Trinajstić information content (AvgIpc) is 2.54. The van der Waals surface area contributed by atoms with E-state index in [0.29, 0.717) is 5.56 Å². The Morgan fingerprint density at radius 3 is 2.25 bits per heavy atom. The number of carboxylic acids is 2. The van der Waals surface area contributed by atoms with Crippen molar-refractivity contribution in [3.63, 3.8) is 0 Å². The largest absolute Gasteiger partial charge is 0.478 e. The van der Waals surface area contributed by atoms with E-state index >= 15 is 0 Å². The lowest BCUT2D eigenvalue weighted by Crippen LogP contribution is -2.15. The standard InChI is InChI=1S/C16H13NO6S/c18-15(19)9-7-11-6-8-14(13(10-11)16(20)21)17-24(22,23)12-4-2-1-3-5-12/h1-10,17H,(H,18,19)(H,20,21)/b9-7+. The number of carboxylic acid groups (broad SMARTS) is 2. The molecule has 8 heteroatoms. The molecule has 2 aromatic carbocycles. The minimum absolute atomic E-state index is 0.00353. The van der Waals surface area contributed by atoms with Crippen molar-refractivity contribution < 1.29 is 28.2 Å². The zero-order valence-electron chi connectivity index (χ0n) is 12.2. The minimum atomic E-state index is -3.93. The van der Waals surface area contributed by atoms with Crippen LogP contribution in [-0.4, -0.2) is 30.6 Å². The molecule has 0 atom stereocenters. The van der Waals surface area contributed by atoms with Crippen molar-refractivity contribution in [2.75, 3.05) is 4.72 Å². The molecular formula is C16H13NO6S. The first-order chi connectivity index (χ1) is 11.3. The lowest BCUT2D eigenvalue weighted by molar-refractivity contribution is -0.131. The van der Waals surface area contributed by atoms with Crippen LogP contribution in [0.5, 0.6) is 0 Å². The van der Waals surface area contributed by atoms with E-state index in [1.54, 1.807) is 18.2 Å². The lowest BCUT2D eigenvalue weighted by atomic mass is 10.1. The average molecular weight is 347 g/mol. The van der Waals surface area contributed by atoms with Gasteiger partial charge in [0.1, 0.15) is 0 Å². The molecule has 0 saturated heterocycles. The number of anilines is 1. The molecule has 124 valence electrons. The van der Waals surface area contributed by atoms with Crippen LogP contribution in [0.25, 0.3) is 6.08 Å². The smallest absolute Gasteiger partial charge is 0.337 e. The zero-order chi connectivity index (χ0) is 17.7. The van der Waals surface area contributed by atoms with Gasteiger partial charge in [0.25, 0.3) is 10.0 Å². The molecule has 3 N–H and O–H groups in total. The third kappa shape index (κ3) is 4.20. The van der Waals surface area contributed by atoms with Crippen LogP contribution in [0.15, 0.2) is 59.5 Å². The van der Waals surface area contributed by atoms with Crippen LogP contribution in [0.2, 0.25) is 0 Å². The highest BCUT2D eigenvalue weighted by Crippen LogP contribution is 2.22. The number of rotatable bonds is 6. The van der Waals surface area contributed by atoms with E-state index in [1.165, 1.54) is 36.4 Å². The molecule has 0 bridgehead atoms. The van der Waals surface area contributed by atoms with Crippen LogP contribution in [0.3, 0.4) is 0 Å². The molecule has 0 aliphatic carbocycles. The van der Waals surface area contributed by atoms with Crippen molar-refractivity contribution in [1.29, 1.82) is 0 Å². The molecule has 0 spiro atoms. The third-order valence-corrected chi connectivity index (χ3v) is 4.37. The molecular weight excluding hydrogens is 334 g/mol. The summed E-state index contributed by atoms with van der Waals surface area (Å²) in [5.41, 5.74) is -0.0849. The Labute approximate surface area is 137 Å². The number of hydrogen-bond donors (Lipinski definition) is 3. The summed E-state index contributed by atoms with van der Waals surface area (Å²) in [7, 11) is -3.93. The number of sulfonamides is 1. The lowest BCUT2D eigenvalue weighted by Gasteiger charge is -2.11. The summed E-state index contributed by atoms with van der Waals surface area (Å²) in [6, 6.07) is 11.4. The Morgan fingerprint density at radius 1 is 1.00 bits per heavy atom. The number of nitrogens with one attached hydrogen (secondary N) is 1. The first kappa shape index (κ1) is 17.2. The Hall–Kier alpha value is -3.13. The highest BCUT2D eigenvalue weighted by molar-refractivity contribution is 7.92. The Bertz CT molecular complexity index is 903. The summed E-state index contributed by atoms with van der Waals surface area (Å²) in [6.07, 6.45) is 2.07. The molecule has 24 heavy (non-hydrogen) atoms. The number of aromatic carboxylic acids is 1. The van der Waals surface area contributed by atoms with Crippen molar-refractivity contribution in [1.82, 2.24) is 0 Å². The van der Waals surface area contributed by atoms with Crippen molar-refractivity contribution in [2.24, 2.45) is 0 Å². The zero-order valence-corrected chi connectivity index (χ0v) is 13.0. The predicted octanol–water partition coefficient (Wildman–Crippen LogP) is 2.28. The van der Waals surface area contributed by atoms with Crippen molar-refractivity contribution in [3.8, 4) is 0 Å². The summed E-state index contributed by atoms with van der Waals surface area (Å²) in [6.45, 7) is 0. The van der Waals surface area contributed by atoms with Crippen molar-refractivity contribution in [2.45, 2.75) is 4.90 Å². The second kappa shape index (κ2) is 6.97. The monoisotopic (exact) mass is 347 g/mol. The number of hydrogen-bond acceptors (Lipinski definition) is 4. The third-order valence-electron chi connectivity index (χ3n) is 2.99. The Balaban J connectivity index is 2.40. The van der Waals surface area contributed by atoms with E-state index in [0.717, 1.165) is 6.08 Å². The Morgan fingerprint density at radius 2 is 1.67 bits per heavy atom. The summed E-state index contributed by atoms with van der Waals surface area (Å²) < 4.78 is 26.8. The molecule has 0 saturated carbocycles. The maximum absolute atomic E-state index is 12.3. The molecule has 2 aromatic rings. The maximum atomic E-state index is 12.3. The molecule has 2 rings (SSSR count). The molecule has 0 fully saturated rings. The first-order valence-electron chi connectivity index (χ1n) is 6.66. The van der Waals surface area contributed by atoms with Gasteiger partial charge in [-0.15, -0.1) is 0 Å². The molecule has 0 radical (unpaired) electrons. The molecule has 0 unspecified atom stereocenters. The van der Waals surface area contributed by atoms with E-state index in [9.17, 15) is 23.1 Å². The van der Waals surface area contributed by atoms with Gasteiger partial charge < -0.3 is 10.2 Å². The van der Waals surface area contributed by atoms with Crippen LogP contribution in [0.4, 0.5) is 5.69 Å². The van der Waals surface area contributed by atoms with E-state index in [1.807, 2.05) is 0 Å². The van der Waals surface area contributed by atoms with E-state index < -0.39 is 22.0 Å². The van der Waals surface area contributed by atoms with Crippen LogP contribution in [0, 0.1) is 0 Å². The number of aliphatic carboxylic acids is 1. The molecule has 0 amide bonds. The fraction of sp³-hybridized carbons (Fsp3) is 0. The van der Waals surface area contributed by atoms with Gasteiger partial charge in [-0.2, -0.15) is 0 Å². The number of benzene rings is 2. The summed E-state index contributed by atoms with van der Waals surface area (Å²) in [5.74, 6) is -2.52. The molecule has 0 aromatic heterocycles. The van der Waals surface area contributed by atoms with Crippen LogP contribution in [-0.2, 0) is 14.8 Å². The normalized spacial score (nSPS) is 11.3. The van der Waals surface area contributed by atoms with Gasteiger partial charge in [-0.1, -0.05) is 24.3 Å². The second-order valence-electron chi connectivity index (χ2n) is 4.70. The second-order valence-corrected chi connectivity index (χ2v) is 6.38. The van der Waals surface area contributed by atoms with E-state index in [-0.39, 0.29) is 16.1 Å². The summed E-state index contributed by atoms with van der Waals surface area (Å²) in [5, 5.41) is 17.9. The van der Waals surface area contributed by atoms with Gasteiger partial charge in [-0.05, 0) is 35.9 Å². The van der Waals surface area contributed by atoms with Gasteiger partial charge in [0.05, 0.1) is 16.1 Å². The molecule has 0 aliphatic rings. The summed E-state index contributed by atoms with van der Waals surface area (Å²) in [4.78, 5) is 21.9. The molecule has 7 nitrogen and oxygen atoms in total. The number of carbonyl (C=O) groups is 2. The van der Waals surface area contributed by atoms with Gasteiger partial charge >= 0.3 is 11.9 Å². The SMILES string of the molecule is O=C(O)/C=C/c1ccc(NS(=O)(=O)c2ccccc2)c(C(=O)O)c1. The quantitative estimate of drug-likeness (QED) is 0.689. The van der Waals surface area contributed by atoms with Crippen LogP contribution < -0.4 is 4.72 Å². The Kier molecular flexibility index (Phi) is 5.00. The predicted molar refractivity (Wildman–Crippen MR) is 87.3 cm³/mol. The first-order valence-corrected chi connectivity index (χ1v) is 8.14. The fourth-order valence-corrected chi connectivity index (χ4v) is 3.00. The van der Waals surface area contributed by atoms with Crippen molar-refractivity contribution in [3.05, 3.63) is 65.7 Å². The maximum Gasteiger partial charge on any atom is 0.337 e. The van der Waals surface area contributed by atoms with Gasteiger partial charge in [0, 0.05) is 6.08 Å². The highest BCUT2D eigenvalue weighted by Gasteiger charge is 2.18. The van der Waals surface area contributed by atoms with Gasteiger partial charge in [-0.3, -0.25) is 4.72 Å². The van der Waals surface area contributed by atoms with Gasteiger partial charge in [0.2, 0.25) is 0 Å². The van der Waals surface area contributed by atoms with Gasteiger partial charge in [-0.25, -0.2) is 18.0 Å². The van der Waals surface area contributed by atoms with Crippen molar-refractivity contribution >= 4 is 33.7 Å². The molecule has 0 heterocycles. The van der Waals surface area contributed by atoms with E-state index in [2.05, 4.69) is 4.72 Å². The topological polar surface area (TPSA) is 121 Å². The molecule has 0 aliphatic heterocycles. The van der Waals surface area contributed by atoms with Gasteiger partial charge in [0.15, 0.2) is 0 Å². The van der Waals surface area contributed by atoms with Crippen LogP contribution >= 0.6 is 0 Å². The van der Waals surface area contributed by atoms with E-state index in [4.69, 9.17) is 5.11 Å². The highest BCUT2D eigenvalue weighted by atomic mass is 32.2. The van der Waals surface area contributed by atoms with Crippen LogP contribution in [0.1, 0.15) is 15.9 Å². The minimum Gasteiger partial charge on any atom is -0.478 e.